The van der Waals surface area contributed by atoms with Gasteiger partial charge in [0.2, 0.25) is 41.2 Å². The average molecular weight is 1120 g/mol. The van der Waals surface area contributed by atoms with E-state index in [1.54, 1.807) is 52.0 Å². The Kier molecular flexibility index (Phi) is 22.4. The van der Waals surface area contributed by atoms with Crippen molar-refractivity contribution in [3.05, 3.63) is 29.8 Å². The van der Waals surface area contributed by atoms with Gasteiger partial charge in [-0.25, -0.2) is 4.79 Å². The monoisotopic (exact) mass is 1120 g/mol. The van der Waals surface area contributed by atoms with E-state index in [0.717, 1.165) is 6.92 Å². The number of esters is 2. The highest BCUT2D eigenvalue weighted by Gasteiger charge is 2.57. The van der Waals surface area contributed by atoms with E-state index in [0.29, 0.717) is 30.6 Å². The fourth-order valence-electron chi connectivity index (χ4n) is 11.5. The van der Waals surface area contributed by atoms with E-state index in [4.69, 9.17) is 14.2 Å². The van der Waals surface area contributed by atoms with Crippen LogP contribution in [0.25, 0.3) is 0 Å². The smallest absolute Gasteiger partial charge is 0.329 e. The molecule has 0 bridgehead atoms. The highest BCUT2D eigenvalue weighted by atomic mass is 16.6. The lowest BCUT2D eigenvalue weighted by Gasteiger charge is -2.36. The second kappa shape index (κ2) is 27.8. The average Bonchev–Trinajstić information content (AvgIpc) is 4.16. The molecule has 4 aliphatic rings. The van der Waals surface area contributed by atoms with Crippen LogP contribution in [0.1, 0.15) is 140 Å². The summed E-state index contributed by atoms with van der Waals surface area (Å²) < 4.78 is 17.3. The Hall–Kier alpha value is -6.45. The van der Waals surface area contributed by atoms with Crippen LogP contribution in [0, 0.1) is 29.6 Å². The second-order valence-electron chi connectivity index (χ2n) is 23.5. The second-order valence-corrected chi connectivity index (χ2v) is 23.5. The highest BCUT2D eigenvalue weighted by molar-refractivity contribution is 6.35. The number of likely N-dealkylation sites (N-methyl/N-ethyl adjacent to an activating group) is 1. The summed E-state index contributed by atoms with van der Waals surface area (Å²) in [6, 6.07) is -1.17. The Labute approximate surface area is 470 Å². The molecule has 0 saturated carbocycles. The molecule has 1 aromatic rings. The molecule has 22 nitrogen and oxygen atoms in total. The number of benzene rings is 1. The number of aliphatic hydroxyl groups is 1. The third-order valence-corrected chi connectivity index (χ3v) is 16.3. The first-order valence-corrected chi connectivity index (χ1v) is 28.4. The van der Waals surface area contributed by atoms with Gasteiger partial charge in [-0.2, -0.15) is 0 Å². The summed E-state index contributed by atoms with van der Waals surface area (Å²) in [5.74, 6) is -11.1. The predicted octanol–water partition coefficient (Wildman–Crippen LogP) is 2.67. The number of fused-ring (bicyclic) bond motifs is 1. The van der Waals surface area contributed by atoms with E-state index >= 15 is 9.59 Å². The van der Waals surface area contributed by atoms with Gasteiger partial charge < -0.3 is 54.9 Å². The van der Waals surface area contributed by atoms with Crippen molar-refractivity contribution in [3.8, 4) is 5.75 Å². The van der Waals surface area contributed by atoms with Gasteiger partial charge in [0, 0.05) is 40.0 Å². The predicted molar refractivity (Wildman–Crippen MR) is 292 cm³/mol. The number of hydrogen-bond donors (Lipinski definition) is 4. The van der Waals surface area contributed by atoms with Crippen LogP contribution in [0.3, 0.4) is 0 Å². The number of ether oxygens (including phenoxy) is 3. The molecule has 1 spiro atoms. The summed E-state index contributed by atoms with van der Waals surface area (Å²) in [4.78, 5) is 162. The number of Topliss-reactive ketones (excluding diaryl/α,β-unsaturated/α-hetero) is 2. The van der Waals surface area contributed by atoms with Gasteiger partial charge in [0.05, 0.1) is 31.6 Å². The van der Waals surface area contributed by atoms with Crippen molar-refractivity contribution in [2.24, 2.45) is 29.6 Å². The van der Waals surface area contributed by atoms with E-state index in [9.17, 15) is 48.3 Å². The van der Waals surface area contributed by atoms with Crippen LogP contribution in [-0.4, -0.2) is 183 Å². The number of methoxy groups -OCH3 is 1. The standard InChI is InChI=1S/C58H87N7O15/c1-14-34(8)46-44(67)30-45(68)80-49(33(6)7)48(69)35(9)50(70)59-40(27-31(2)3)54(74)63-24-15-17-41(63)55(75)62(12)43(29-38-18-20-39(78-13)21-19-38)56(76)79-37(11)47(52(72)60-46)61-51(71)42(28-32(4)5)64-26-23-58(57(64)77)22-16-25-65(58)53(73)36(10)66/h18-21,31-35,37,40-44,46-47,49,67H,14-17,22-30H2,1-13H3,(H,59,70)(H,60,72)(H,61,71)/t34-,35-,37+,40-,41-,42?,43-,44-,46+,47-,49-,58?/m0/s1. The van der Waals surface area contributed by atoms with Gasteiger partial charge in [-0.15, -0.1) is 0 Å². The molecule has 4 saturated heterocycles. The zero-order valence-electron chi connectivity index (χ0n) is 49.0. The van der Waals surface area contributed by atoms with Gasteiger partial charge >= 0.3 is 11.9 Å². The fourth-order valence-corrected chi connectivity index (χ4v) is 11.5. The zero-order valence-corrected chi connectivity index (χ0v) is 49.0. The van der Waals surface area contributed by atoms with Gasteiger partial charge in [0.15, 0.2) is 11.9 Å². The first-order valence-electron chi connectivity index (χ1n) is 28.4. The maximum atomic E-state index is 15.1. The first-order chi connectivity index (χ1) is 37.6. The lowest BCUT2D eigenvalue weighted by molar-refractivity contribution is -0.163. The number of cyclic esters (lactones) is 2. The number of amides is 7. The zero-order chi connectivity index (χ0) is 59.7. The lowest BCUT2D eigenvalue weighted by atomic mass is 9.91. The van der Waals surface area contributed by atoms with Gasteiger partial charge in [0.1, 0.15) is 47.6 Å². The van der Waals surface area contributed by atoms with E-state index in [2.05, 4.69) is 16.0 Å². The molecule has 2 unspecified atom stereocenters. The molecule has 12 atom stereocenters. The molecule has 5 rings (SSSR count). The quantitative estimate of drug-likeness (QED) is 0.118. The summed E-state index contributed by atoms with van der Waals surface area (Å²) in [7, 11) is 2.89. The summed E-state index contributed by atoms with van der Waals surface area (Å²) >= 11 is 0. The topological polar surface area (TPSA) is 285 Å². The first kappa shape index (κ1) is 64.4. The maximum absolute atomic E-state index is 15.1. The van der Waals surface area contributed by atoms with E-state index < -0.39 is 149 Å². The molecule has 80 heavy (non-hydrogen) atoms. The number of aliphatic hydroxyl groups excluding tert-OH is 1. The molecular weight excluding hydrogens is 1030 g/mol. The number of rotatable bonds is 14. The maximum Gasteiger partial charge on any atom is 0.329 e. The van der Waals surface area contributed by atoms with Gasteiger partial charge in [-0.3, -0.25) is 47.9 Å². The minimum absolute atomic E-state index is 0.0376. The van der Waals surface area contributed by atoms with Crippen LogP contribution in [0.15, 0.2) is 24.3 Å². The third-order valence-electron chi connectivity index (χ3n) is 16.3. The molecule has 0 aliphatic carbocycles. The lowest BCUT2D eigenvalue weighted by Crippen LogP contribution is -2.62. The number of hydrogen-bond acceptors (Lipinski definition) is 15. The minimum Gasteiger partial charge on any atom is -0.497 e. The number of nitrogens with one attached hydrogen (secondary N) is 3. The number of likely N-dealkylation sites (tertiary alicyclic amines) is 2. The van der Waals surface area contributed by atoms with Crippen LogP contribution in [-0.2, 0) is 68.6 Å². The Morgan fingerprint density at radius 1 is 0.850 bits per heavy atom. The molecule has 1 aromatic carbocycles. The number of nitrogens with zero attached hydrogens (tertiary/aromatic N) is 4. The molecule has 4 aliphatic heterocycles. The summed E-state index contributed by atoms with van der Waals surface area (Å²) in [6.07, 6.45) is -3.48. The fraction of sp³-hybridized carbons (Fsp3) is 0.707. The molecule has 0 radical (unpaired) electrons. The van der Waals surface area contributed by atoms with Gasteiger partial charge in [0.25, 0.3) is 5.91 Å². The van der Waals surface area contributed by atoms with Crippen molar-refractivity contribution < 1.29 is 72.1 Å². The highest BCUT2D eigenvalue weighted by Crippen LogP contribution is 2.40. The number of carbonyl (C=O) groups excluding carboxylic acids is 11. The molecule has 4 heterocycles. The molecule has 0 aromatic heterocycles. The van der Waals surface area contributed by atoms with Crippen LogP contribution in [0.5, 0.6) is 5.75 Å². The molecule has 22 heteroatoms. The van der Waals surface area contributed by atoms with Crippen molar-refractivity contribution in [2.45, 2.75) is 200 Å². The third kappa shape index (κ3) is 14.9. The largest absolute Gasteiger partial charge is 0.497 e. The van der Waals surface area contributed by atoms with E-state index in [-0.39, 0.29) is 70.0 Å². The summed E-state index contributed by atoms with van der Waals surface area (Å²) in [6.45, 7) is 18.3. The van der Waals surface area contributed by atoms with Crippen molar-refractivity contribution in [1.29, 1.82) is 0 Å². The molecule has 7 amide bonds. The van der Waals surface area contributed by atoms with E-state index in [1.807, 2.05) is 27.7 Å². The molecular formula is C58H87N7O15. The Bertz CT molecular complexity index is 2470. The van der Waals surface area contributed by atoms with Gasteiger partial charge in [-0.1, -0.05) is 73.9 Å². The Morgan fingerprint density at radius 2 is 1.51 bits per heavy atom. The van der Waals surface area contributed by atoms with Crippen molar-refractivity contribution >= 4 is 64.9 Å². The van der Waals surface area contributed by atoms with Crippen molar-refractivity contribution in [2.75, 3.05) is 33.8 Å². The van der Waals surface area contributed by atoms with E-state index in [1.165, 1.54) is 47.6 Å². The Balaban J connectivity index is 1.63. The van der Waals surface area contributed by atoms with Crippen molar-refractivity contribution in [3.63, 3.8) is 0 Å². The normalized spacial score (nSPS) is 28.9. The van der Waals surface area contributed by atoms with Crippen LogP contribution >= 0.6 is 0 Å². The van der Waals surface area contributed by atoms with Crippen LogP contribution in [0.2, 0.25) is 0 Å². The Morgan fingerprint density at radius 3 is 2.10 bits per heavy atom. The van der Waals surface area contributed by atoms with Gasteiger partial charge in [-0.05, 0) is 100 Å². The van der Waals surface area contributed by atoms with Crippen molar-refractivity contribution in [1.82, 2.24) is 35.6 Å². The SMILES string of the molecule is CC[C@H](C)[C@H]1NC(=O)[C@@H](NC(=O)C(CC(C)C)N2CCC3(CCCN3C(=O)C(C)=O)C2=O)[C@@H](C)OC(=O)[C@H](Cc2ccc(OC)cc2)N(C)C(=O)[C@@H]2CCCN2C(=O)[C@H](CC(C)C)NC(=O)[C@@H](C)C(=O)[C@H](C(C)C)OC(=O)C[C@@H]1O. The summed E-state index contributed by atoms with van der Waals surface area (Å²) in [5, 5.41) is 20.2. The van der Waals surface area contributed by atoms with Crippen LogP contribution < -0.4 is 20.7 Å². The number of carbonyl (C=O) groups is 11. The molecule has 444 valence electrons. The summed E-state index contributed by atoms with van der Waals surface area (Å²) in [5.41, 5.74) is -0.785. The van der Waals surface area contributed by atoms with Crippen LogP contribution in [0.4, 0.5) is 0 Å². The number of ketones is 2. The molecule has 4 N–H and O–H groups in total. The molecule has 4 fully saturated rings. The minimum atomic E-state index is -1.76.